The maximum Gasteiger partial charge on any atom is 0.390 e. The van der Waals surface area contributed by atoms with Gasteiger partial charge in [0.1, 0.15) is 5.75 Å². The molecule has 1 aliphatic heterocycles. The number of ether oxygens (including phenoxy) is 1. The SMILES string of the molecule is CCOc1cccc(-c2ccc(CN3CCN(c4ccc(C(=O)NS(=O)(=O)CCC(F)(F)F)nn4)CC3)c3ccccc23)c1. The first-order valence-corrected chi connectivity index (χ1v) is 15.8. The van der Waals surface area contributed by atoms with Crippen LogP contribution in [0.5, 0.6) is 5.75 Å². The van der Waals surface area contributed by atoms with Crippen LogP contribution in [0.1, 0.15) is 29.4 Å². The van der Waals surface area contributed by atoms with E-state index in [2.05, 4.69) is 51.5 Å². The second-order valence-electron chi connectivity index (χ2n) is 10.4. The molecule has 0 spiro atoms. The van der Waals surface area contributed by atoms with Gasteiger partial charge in [0, 0.05) is 32.7 Å². The second-order valence-corrected chi connectivity index (χ2v) is 12.3. The van der Waals surface area contributed by atoms with E-state index in [0.29, 0.717) is 25.5 Å². The van der Waals surface area contributed by atoms with Crippen molar-refractivity contribution in [2.75, 3.05) is 43.4 Å². The molecule has 9 nitrogen and oxygen atoms in total. The summed E-state index contributed by atoms with van der Waals surface area (Å²) in [4.78, 5) is 16.6. The van der Waals surface area contributed by atoms with Gasteiger partial charge in [-0.25, -0.2) is 13.1 Å². The number of aromatic nitrogens is 2. The average molecular weight is 628 g/mol. The van der Waals surface area contributed by atoms with E-state index >= 15 is 0 Å². The number of benzene rings is 3. The average Bonchev–Trinajstić information content (AvgIpc) is 3.01. The van der Waals surface area contributed by atoms with Crippen LogP contribution in [-0.4, -0.2) is 74.1 Å². The zero-order valence-corrected chi connectivity index (χ0v) is 24.9. The fraction of sp³-hybridized carbons (Fsp3) is 0.323. The Bertz CT molecular complexity index is 1720. The van der Waals surface area contributed by atoms with Crippen molar-refractivity contribution in [2.45, 2.75) is 26.1 Å². The summed E-state index contributed by atoms with van der Waals surface area (Å²) in [7, 11) is -4.47. The number of carbonyl (C=O) groups excluding carboxylic acids is 1. The van der Waals surface area contributed by atoms with Crippen molar-refractivity contribution in [2.24, 2.45) is 0 Å². The molecule has 1 N–H and O–H groups in total. The van der Waals surface area contributed by atoms with E-state index in [-0.39, 0.29) is 5.69 Å². The van der Waals surface area contributed by atoms with Crippen LogP contribution in [0, 0.1) is 0 Å². The lowest BCUT2D eigenvalue weighted by Gasteiger charge is -2.35. The molecular formula is C31H32F3N5O4S. The van der Waals surface area contributed by atoms with Gasteiger partial charge in [0.05, 0.1) is 18.8 Å². The second kappa shape index (κ2) is 13.2. The Morgan fingerprint density at radius 1 is 0.932 bits per heavy atom. The summed E-state index contributed by atoms with van der Waals surface area (Å²) >= 11 is 0. The van der Waals surface area contributed by atoms with Gasteiger partial charge in [-0.3, -0.25) is 9.69 Å². The van der Waals surface area contributed by atoms with E-state index in [4.69, 9.17) is 4.74 Å². The number of hydrogen-bond donors (Lipinski definition) is 1. The topological polar surface area (TPSA) is 105 Å². The Balaban J connectivity index is 1.20. The van der Waals surface area contributed by atoms with Crippen LogP contribution in [-0.2, 0) is 16.6 Å². The molecule has 1 aromatic heterocycles. The molecule has 1 saturated heterocycles. The molecule has 0 radical (unpaired) electrons. The van der Waals surface area contributed by atoms with Gasteiger partial charge in [-0.1, -0.05) is 48.5 Å². The standard InChI is InChI=1S/C31H32F3N5O4S/c1-2-43-24-7-5-6-22(20-24)26-11-10-23(25-8-3-4-9-27(25)26)21-38-15-17-39(18-16-38)29-13-12-28(35-36-29)30(40)37-44(41,42)19-14-31(32,33)34/h3-13,20H,2,14-19,21H2,1H3,(H,37,40). The Hall–Kier alpha value is -4.23. The van der Waals surface area contributed by atoms with Crippen LogP contribution in [0.25, 0.3) is 21.9 Å². The van der Waals surface area contributed by atoms with E-state index in [1.807, 2.05) is 36.1 Å². The van der Waals surface area contributed by atoms with Crippen LogP contribution < -0.4 is 14.4 Å². The lowest BCUT2D eigenvalue weighted by Crippen LogP contribution is -2.46. The zero-order valence-electron chi connectivity index (χ0n) is 24.0. The highest BCUT2D eigenvalue weighted by Crippen LogP contribution is 2.33. The molecule has 0 aliphatic carbocycles. The predicted octanol–water partition coefficient (Wildman–Crippen LogP) is 5.03. The highest BCUT2D eigenvalue weighted by molar-refractivity contribution is 7.90. The van der Waals surface area contributed by atoms with Gasteiger partial charge in [0.15, 0.2) is 11.5 Å². The number of nitrogens with one attached hydrogen (secondary N) is 1. The number of hydrogen-bond acceptors (Lipinski definition) is 8. The third kappa shape index (κ3) is 7.83. The van der Waals surface area contributed by atoms with Crippen molar-refractivity contribution >= 4 is 32.5 Å². The first-order valence-electron chi connectivity index (χ1n) is 14.2. The number of amides is 1. The lowest BCUT2D eigenvalue weighted by atomic mass is 9.94. The normalized spacial score (nSPS) is 14.5. The summed E-state index contributed by atoms with van der Waals surface area (Å²) < 4.78 is 68.0. The van der Waals surface area contributed by atoms with Gasteiger partial charge in [-0.05, 0) is 58.7 Å². The molecule has 0 unspecified atom stereocenters. The summed E-state index contributed by atoms with van der Waals surface area (Å²) in [5.41, 5.74) is 3.16. The van der Waals surface area contributed by atoms with Gasteiger partial charge in [-0.15, -0.1) is 10.2 Å². The van der Waals surface area contributed by atoms with E-state index in [1.165, 1.54) is 22.4 Å². The highest BCUT2D eigenvalue weighted by atomic mass is 32.2. The molecule has 5 rings (SSSR count). The minimum absolute atomic E-state index is 0.303. The summed E-state index contributed by atoms with van der Waals surface area (Å²) in [6.07, 6.45) is -6.21. The minimum Gasteiger partial charge on any atom is -0.494 e. The van der Waals surface area contributed by atoms with Crippen LogP contribution in [0.15, 0.2) is 72.8 Å². The summed E-state index contributed by atoms with van der Waals surface area (Å²) in [6, 6.07) is 23.7. The molecular weight excluding hydrogens is 595 g/mol. The Morgan fingerprint density at radius 2 is 1.68 bits per heavy atom. The van der Waals surface area contributed by atoms with Gasteiger partial charge in [0.25, 0.3) is 5.91 Å². The third-order valence-corrected chi connectivity index (χ3v) is 8.58. The maximum atomic E-state index is 12.4. The number of nitrogens with zero attached hydrogens (tertiary/aromatic N) is 4. The Labute approximate surface area is 253 Å². The van der Waals surface area contributed by atoms with E-state index in [9.17, 15) is 26.4 Å². The number of halogens is 3. The smallest absolute Gasteiger partial charge is 0.390 e. The van der Waals surface area contributed by atoms with Gasteiger partial charge < -0.3 is 9.64 Å². The van der Waals surface area contributed by atoms with Crippen molar-refractivity contribution in [1.82, 2.24) is 19.8 Å². The largest absolute Gasteiger partial charge is 0.494 e. The highest BCUT2D eigenvalue weighted by Gasteiger charge is 2.31. The number of piperazine rings is 1. The lowest BCUT2D eigenvalue weighted by molar-refractivity contribution is -0.130. The molecule has 3 aromatic carbocycles. The molecule has 0 bridgehead atoms. The van der Waals surface area contributed by atoms with E-state index < -0.39 is 34.3 Å². The molecule has 1 fully saturated rings. The molecule has 1 amide bonds. The first kappa shape index (κ1) is 31.2. The molecule has 4 aromatic rings. The van der Waals surface area contributed by atoms with Crippen LogP contribution >= 0.6 is 0 Å². The fourth-order valence-corrected chi connectivity index (χ4v) is 6.15. The first-order chi connectivity index (χ1) is 21.0. The minimum atomic E-state index is -4.65. The molecule has 232 valence electrons. The van der Waals surface area contributed by atoms with Gasteiger partial charge in [-0.2, -0.15) is 13.2 Å². The van der Waals surface area contributed by atoms with Crippen molar-refractivity contribution in [3.8, 4) is 16.9 Å². The number of alkyl halides is 3. The van der Waals surface area contributed by atoms with E-state index in [1.54, 1.807) is 10.8 Å². The number of sulfonamides is 1. The molecule has 0 atom stereocenters. The van der Waals surface area contributed by atoms with Gasteiger partial charge in [0.2, 0.25) is 10.0 Å². The van der Waals surface area contributed by atoms with Crippen molar-refractivity contribution in [3.63, 3.8) is 0 Å². The number of carbonyl (C=O) groups is 1. The molecule has 13 heteroatoms. The monoisotopic (exact) mass is 627 g/mol. The van der Waals surface area contributed by atoms with Crippen molar-refractivity contribution in [3.05, 3.63) is 84.1 Å². The number of rotatable bonds is 10. The zero-order chi connectivity index (χ0) is 31.3. The fourth-order valence-electron chi connectivity index (χ4n) is 5.16. The number of fused-ring (bicyclic) bond motifs is 1. The predicted molar refractivity (Wildman–Crippen MR) is 162 cm³/mol. The quantitative estimate of drug-likeness (QED) is 0.261. The van der Waals surface area contributed by atoms with Crippen LogP contribution in [0.2, 0.25) is 0 Å². The third-order valence-electron chi connectivity index (χ3n) is 7.35. The maximum absolute atomic E-state index is 12.4. The van der Waals surface area contributed by atoms with Crippen molar-refractivity contribution in [1.29, 1.82) is 0 Å². The molecule has 0 saturated carbocycles. The van der Waals surface area contributed by atoms with Crippen LogP contribution in [0.3, 0.4) is 0 Å². The molecule has 2 heterocycles. The summed E-state index contributed by atoms with van der Waals surface area (Å²) in [5.74, 6) is -1.02. The molecule has 44 heavy (non-hydrogen) atoms. The Kier molecular flexibility index (Phi) is 9.35. The van der Waals surface area contributed by atoms with E-state index in [0.717, 1.165) is 36.5 Å². The van der Waals surface area contributed by atoms with Gasteiger partial charge >= 0.3 is 6.18 Å². The molecule has 1 aliphatic rings. The summed E-state index contributed by atoms with van der Waals surface area (Å²) in [5, 5.41) is 10.2. The number of anilines is 1. The Morgan fingerprint density at radius 3 is 2.36 bits per heavy atom. The van der Waals surface area contributed by atoms with Crippen LogP contribution in [0.4, 0.5) is 19.0 Å². The summed E-state index contributed by atoms with van der Waals surface area (Å²) in [6.45, 7) is 6.17. The van der Waals surface area contributed by atoms with Crippen molar-refractivity contribution < 1.29 is 31.1 Å².